The second-order valence-corrected chi connectivity index (χ2v) is 9.28. The lowest BCUT2D eigenvalue weighted by atomic mass is 9.47. The van der Waals surface area contributed by atoms with Crippen LogP contribution in [-0.2, 0) is 14.3 Å². The Balaban J connectivity index is 0.00000182. The Morgan fingerprint density at radius 1 is 1.04 bits per heavy atom. The van der Waals surface area contributed by atoms with Crippen LogP contribution >= 0.6 is 0 Å². The molecule has 7 atom stereocenters. The summed E-state index contributed by atoms with van der Waals surface area (Å²) in [6.45, 7) is 4.77. The van der Waals surface area contributed by atoms with Crippen LogP contribution in [0.15, 0.2) is 0 Å². The summed E-state index contributed by atoms with van der Waals surface area (Å²) < 4.78 is 5.12. The molecule has 4 heteroatoms. The van der Waals surface area contributed by atoms with Crippen molar-refractivity contribution in [1.82, 2.24) is 5.32 Å². The van der Waals surface area contributed by atoms with Gasteiger partial charge in [0.05, 0.1) is 13.0 Å². The molecule has 0 aromatic carbocycles. The van der Waals surface area contributed by atoms with E-state index in [0.29, 0.717) is 24.3 Å². The predicted molar refractivity (Wildman–Crippen MR) is 97.8 cm³/mol. The van der Waals surface area contributed by atoms with Gasteiger partial charge in [0.25, 0.3) is 0 Å². The molecular weight excluding hydrogens is 314 g/mol. The van der Waals surface area contributed by atoms with E-state index in [0.717, 1.165) is 31.6 Å². The van der Waals surface area contributed by atoms with Crippen LogP contribution in [0, 0.1) is 34.5 Å². The second-order valence-electron chi connectivity index (χ2n) is 9.28. The first kappa shape index (κ1) is 18.7. The first-order valence-corrected chi connectivity index (χ1v) is 9.77. The van der Waals surface area contributed by atoms with Crippen LogP contribution in [0.4, 0.5) is 0 Å². The summed E-state index contributed by atoms with van der Waals surface area (Å²) in [6, 6.07) is 0.363. The highest BCUT2D eigenvalue weighted by atomic mass is 16.5. The van der Waals surface area contributed by atoms with E-state index in [1.165, 1.54) is 26.4 Å². The highest BCUT2D eigenvalue weighted by Gasteiger charge is 2.61. The number of rotatable bonds is 1. The molecule has 1 N–H and O–H groups in total. The van der Waals surface area contributed by atoms with Gasteiger partial charge in [0.1, 0.15) is 0 Å². The predicted octanol–water partition coefficient (Wildman–Crippen LogP) is 3.93. The Labute approximate surface area is 152 Å². The summed E-state index contributed by atoms with van der Waals surface area (Å²) in [5.41, 5.74) is 0.372. The summed E-state index contributed by atoms with van der Waals surface area (Å²) in [4.78, 5) is 24.1. The Kier molecular flexibility index (Phi) is 4.70. The maximum absolute atomic E-state index is 12.3. The summed E-state index contributed by atoms with van der Waals surface area (Å²) >= 11 is 0. The molecule has 0 aromatic heterocycles. The van der Waals surface area contributed by atoms with Crippen molar-refractivity contribution in [3.8, 4) is 0 Å². The Morgan fingerprint density at radius 3 is 2.48 bits per heavy atom. The van der Waals surface area contributed by atoms with E-state index in [1.54, 1.807) is 0 Å². The molecule has 4 nitrogen and oxygen atoms in total. The zero-order valence-corrected chi connectivity index (χ0v) is 15.3. The molecule has 0 aromatic rings. The van der Waals surface area contributed by atoms with Crippen LogP contribution in [0.25, 0.3) is 0 Å². The van der Waals surface area contributed by atoms with Crippen molar-refractivity contribution in [2.45, 2.75) is 78.7 Å². The highest BCUT2D eigenvalue weighted by molar-refractivity contribution is 5.77. The van der Waals surface area contributed by atoms with E-state index in [-0.39, 0.29) is 36.1 Å². The van der Waals surface area contributed by atoms with Crippen LogP contribution < -0.4 is 5.32 Å². The second kappa shape index (κ2) is 6.28. The fraction of sp³-hybridized carbons (Fsp3) is 0.905. The maximum atomic E-state index is 12.3. The van der Waals surface area contributed by atoms with Crippen molar-refractivity contribution in [3.05, 3.63) is 0 Å². The minimum atomic E-state index is 0. The quantitative estimate of drug-likeness (QED) is 0.730. The molecule has 142 valence electrons. The zero-order chi connectivity index (χ0) is 17.1. The lowest BCUT2D eigenvalue weighted by Gasteiger charge is -2.60. The third kappa shape index (κ3) is 2.54. The number of carbonyl (C=O) groups excluding carboxylic acids is 2. The molecule has 1 heterocycles. The molecular formula is C21H35NO3. The molecule has 1 amide bonds. The van der Waals surface area contributed by atoms with Crippen molar-refractivity contribution in [1.29, 1.82) is 0 Å². The average Bonchev–Trinajstić information content (AvgIpc) is 2.92. The summed E-state index contributed by atoms with van der Waals surface area (Å²) in [5, 5.41) is 3.28. The minimum absolute atomic E-state index is 0. The Bertz CT molecular complexity index is 561. The third-order valence-corrected chi connectivity index (χ3v) is 8.58. The Hall–Kier alpha value is -1.06. The van der Waals surface area contributed by atoms with Gasteiger partial charge in [-0.3, -0.25) is 9.59 Å². The number of methoxy groups -OCH3 is 1. The van der Waals surface area contributed by atoms with E-state index in [1.807, 2.05) is 0 Å². The van der Waals surface area contributed by atoms with E-state index < -0.39 is 0 Å². The first-order chi connectivity index (χ1) is 11.4. The van der Waals surface area contributed by atoms with E-state index in [2.05, 4.69) is 19.2 Å². The SMILES string of the molecule is C.COC(=O)C1CCC2C3CCC4NC(=O)CC[C@]4(C)C3CCC12C. The number of carbonyl (C=O) groups is 2. The normalized spacial score (nSPS) is 48.3. The number of nitrogens with one attached hydrogen (secondary N) is 1. The summed E-state index contributed by atoms with van der Waals surface area (Å²) in [6.07, 6.45) is 8.54. The maximum Gasteiger partial charge on any atom is 0.309 e. The molecule has 0 radical (unpaired) electrons. The smallest absolute Gasteiger partial charge is 0.309 e. The largest absolute Gasteiger partial charge is 0.469 e. The number of fused-ring (bicyclic) bond motifs is 5. The summed E-state index contributed by atoms with van der Waals surface area (Å²) in [5.74, 6) is 2.40. The molecule has 3 aliphatic carbocycles. The third-order valence-electron chi connectivity index (χ3n) is 8.58. The number of amides is 1. The van der Waals surface area contributed by atoms with Gasteiger partial charge in [-0.1, -0.05) is 21.3 Å². The van der Waals surface area contributed by atoms with Gasteiger partial charge in [-0.15, -0.1) is 0 Å². The van der Waals surface area contributed by atoms with Gasteiger partial charge in [-0.05, 0) is 73.5 Å². The van der Waals surface area contributed by atoms with Gasteiger partial charge in [0.15, 0.2) is 0 Å². The number of esters is 1. The minimum Gasteiger partial charge on any atom is -0.469 e. The van der Waals surface area contributed by atoms with Crippen LogP contribution in [0.2, 0.25) is 0 Å². The van der Waals surface area contributed by atoms with E-state index in [9.17, 15) is 9.59 Å². The van der Waals surface area contributed by atoms with Crippen molar-refractivity contribution in [2.75, 3.05) is 7.11 Å². The van der Waals surface area contributed by atoms with Crippen molar-refractivity contribution in [2.24, 2.45) is 34.5 Å². The molecule has 0 bridgehead atoms. The van der Waals surface area contributed by atoms with Crippen LogP contribution in [0.3, 0.4) is 0 Å². The first-order valence-electron chi connectivity index (χ1n) is 9.77. The summed E-state index contributed by atoms with van der Waals surface area (Å²) in [7, 11) is 1.53. The van der Waals surface area contributed by atoms with Gasteiger partial charge in [0.2, 0.25) is 5.91 Å². The van der Waals surface area contributed by atoms with Gasteiger partial charge < -0.3 is 10.1 Å². The molecule has 4 aliphatic rings. The van der Waals surface area contributed by atoms with Gasteiger partial charge in [-0.25, -0.2) is 0 Å². The van der Waals surface area contributed by atoms with E-state index in [4.69, 9.17) is 4.74 Å². The standard InChI is InChI=1S/C20H31NO3.CH4/c1-19-10-8-14-12(13(19)5-6-15(19)18(23)24-3)4-7-16-20(14,2)11-9-17(22)21-16;/h12-16H,4-11H2,1-3H3,(H,21,22);1H4/t12?,13?,14?,15?,16?,19?,20-;/m1./s1. The molecule has 0 spiro atoms. The number of ether oxygens (including phenoxy) is 1. The van der Waals surface area contributed by atoms with Crippen LogP contribution in [0.5, 0.6) is 0 Å². The van der Waals surface area contributed by atoms with E-state index >= 15 is 0 Å². The molecule has 6 unspecified atom stereocenters. The number of hydrogen-bond acceptors (Lipinski definition) is 3. The monoisotopic (exact) mass is 349 g/mol. The fourth-order valence-electron chi connectivity index (χ4n) is 7.23. The molecule has 4 fully saturated rings. The number of piperidine rings is 1. The topological polar surface area (TPSA) is 55.4 Å². The van der Waals surface area contributed by atoms with Gasteiger partial charge in [-0.2, -0.15) is 0 Å². The fourth-order valence-corrected chi connectivity index (χ4v) is 7.23. The average molecular weight is 350 g/mol. The molecule has 25 heavy (non-hydrogen) atoms. The van der Waals surface area contributed by atoms with Crippen molar-refractivity contribution < 1.29 is 14.3 Å². The van der Waals surface area contributed by atoms with Gasteiger partial charge >= 0.3 is 5.97 Å². The van der Waals surface area contributed by atoms with Crippen LogP contribution in [0.1, 0.15) is 72.6 Å². The molecule has 4 rings (SSSR count). The van der Waals surface area contributed by atoms with Gasteiger partial charge in [0, 0.05) is 12.5 Å². The lowest BCUT2D eigenvalue weighted by Crippen LogP contribution is -2.61. The van der Waals surface area contributed by atoms with Crippen LogP contribution in [-0.4, -0.2) is 25.0 Å². The highest BCUT2D eigenvalue weighted by Crippen LogP contribution is 2.65. The number of hydrogen-bond donors (Lipinski definition) is 1. The lowest BCUT2D eigenvalue weighted by molar-refractivity contribution is -0.155. The van der Waals surface area contributed by atoms with Crippen molar-refractivity contribution >= 4 is 11.9 Å². The Morgan fingerprint density at radius 2 is 1.76 bits per heavy atom. The zero-order valence-electron chi connectivity index (χ0n) is 15.3. The molecule has 1 aliphatic heterocycles. The van der Waals surface area contributed by atoms with Crippen molar-refractivity contribution in [3.63, 3.8) is 0 Å². The molecule has 3 saturated carbocycles. The molecule has 1 saturated heterocycles.